The van der Waals surface area contributed by atoms with Crippen LogP contribution in [0.2, 0.25) is 0 Å². The van der Waals surface area contributed by atoms with E-state index in [2.05, 4.69) is 11.3 Å². The van der Waals surface area contributed by atoms with Crippen LogP contribution in [0.1, 0.15) is 21.6 Å². The minimum absolute atomic E-state index is 0.0689. The van der Waals surface area contributed by atoms with Crippen molar-refractivity contribution in [3.8, 4) is 11.6 Å². The summed E-state index contributed by atoms with van der Waals surface area (Å²) in [5.41, 5.74) is 2.89. The first-order valence-corrected chi connectivity index (χ1v) is 7.74. The standard InChI is InChI=1S/C18H15N3O3/c22-17(20-11-10-13-6-4-5-7-14(13)12-20)16-18(23)24-19-21(16)15-8-2-1-3-9-15/h1-9H,10-12H2. The van der Waals surface area contributed by atoms with Crippen molar-refractivity contribution in [3.05, 3.63) is 71.4 Å². The SMILES string of the molecule is O=C(c1c([O-])on[n+]1-c1ccccc1)N1CCc2ccccc2C1. The van der Waals surface area contributed by atoms with E-state index in [0.717, 1.165) is 12.0 Å². The molecule has 2 heterocycles. The fourth-order valence-corrected chi connectivity index (χ4v) is 2.99. The summed E-state index contributed by atoms with van der Waals surface area (Å²) in [4.78, 5) is 14.6. The first-order chi connectivity index (χ1) is 11.7. The zero-order valence-corrected chi connectivity index (χ0v) is 12.9. The first kappa shape index (κ1) is 14.4. The maximum absolute atomic E-state index is 12.9. The van der Waals surface area contributed by atoms with Gasteiger partial charge in [0, 0.05) is 25.2 Å². The number of hydrogen-bond donors (Lipinski definition) is 0. The van der Waals surface area contributed by atoms with E-state index in [9.17, 15) is 9.90 Å². The maximum atomic E-state index is 12.9. The zero-order valence-electron chi connectivity index (χ0n) is 12.9. The summed E-state index contributed by atoms with van der Waals surface area (Å²) in [7, 11) is 0. The predicted octanol–water partition coefficient (Wildman–Crippen LogP) is 1.22. The van der Waals surface area contributed by atoms with Crippen LogP contribution in [0, 0.1) is 0 Å². The summed E-state index contributed by atoms with van der Waals surface area (Å²) in [5, 5.41) is 15.8. The summed E-state index contributed by atoms with van der Waals surface area (Å²) in [5.74, 6) is -1.08. The van der Waals surface area contributed by atoms with Gasteiger partial charge in [-0.3, -0.25) is 4.79 Å². The monoisotopic (exact) mass is 321 g/mol. The lowest BCUT2D eigenvalue weighted by Crippen LogP contribution is -2.45. The first-order valence-electron chi connectivity index (χ1n) is 7.74. The van der Waals surface area contributed by atoms with Crippen LogP contribution >= 0.6 is 0 Å². The van der Waals surface area contributed by atoms with Gasteiger partial charge in [0.2, 0.25) is 5.69 Å². The Labute approximate surface area is 138 Å². The molecule has 2 aromatic carbocycles. The van der Waals surface area contributed by atoms with Gasteiger partial charge in [-0.1, -0.05) is 42.5 Å². The second-order valence-electron chi connectivity index (χ2n) is 5.70. The number of benzene rings is 2. The van der Waals surface area contributed by atoms with E-state index in [0.29, 0.717) is 18.8 Å². The zero-order chi connectivity index (χ0) is 16.5. The fourth-order valence-electron chi connectivity index (χ4n) is 2.99. The molecule has 1 aliphatic rings. The number of carbonyl (C=O) groups is 1. The highest BCUT2D eigenvalue weighted by Gasteiger charge is 2.33. The van der Waals surface area contributed by atoms with Crippen LogP contribution in [0.3, 0.4) is 0 Å². The average molecular weight is 321 g/mol. The number of hydrogen-bond acceptors (Lipinski definition) is 4. The Morgan fingerprint density at radius 3 is 2.58 bits per heavy atom. The lowest BCUT2D eigenvalue weighted by atomic mass is 10.00. The summed E-state index contributed by atoms with van der Waals surface area (Å²) in [6.45, 7) is 1.05. The highest BCUT2D eigenvalue weighted by atomic mass is 16.6. The lowest BCUT2D eigenvalue weighted by molar-refractivity contribution is -0.672. The van der Waals surface area contributed by atoms with Gasteiger partial charge in [0.15, 0.2) is 5.95 Å². The van der Waals surface area contributed by atoms with E-state index in [1.165, 1.54) is 10.2 Å². The Morgan fingerprint density at radius 1 is 1.08 bits per heavy atom. The van der Waals surface area contributed by atoms with Gasteiger partial charge in [0.1, 0.15) is 0 Å². The van der Waals surface area contributed by atoms with Crippen molar-refractivity contribution in [1.82, 2.24) is 10.2 Å². The molecule has 0 unspecified atom stereocenters. The van der Waals surface area contributed by atoms with Gasteiger partial charge in [-0.15, -0.1) is 0 Å². The number of carbonyl (C=O) groups excluding carboxylic acids is 1. The van der Waals surface area contributed by atoms with Crippen molar-refractivity contribution in [2.24, 2.45) is 0 Å². The Bertz CT molecular complexity index is 890. The van der Waals surface area contributed by atoms with Crippen molar-refractivity contribution in [3.63, 3.8) is 0 Å². The molecule has 24 heavy (non-hydrogen) atoms. The van der Waals surface area contributed by atoms with E-state index in [1.54, 1.807) is 17.0 Å². The van der Waals surface area contributed by atoms with E-state index >= 15 is 0 Å². The molecule has 0 bridgehead atoms. The Morgan fingerprint density at radius 2 is 1.79 bits per heavy atom. The summed E-state index contributed by atoms with van der Waals surface area (Å²) < 4.78 is 6.01. The lowest BCUT2D eigenvalue weighted by Gasteiger charge is -2.27. The molecule has 0 aliphatic carbocycles. The number of fused-ring (bicyclic) bond motifs is 1. The number of aromatic nitrogens is 2. The van der Waals surface area contributed by atoms with Crippen molar-refractivity contribution in [2.45, 2.75) is 13.0 Å². The summed E-state index contributed by atoms with van der Waals surface area (Å²) in [6, 6.07) is 17.0. The molecule has 1 aromatic heterocycles. The molecule has 6 heteroatoms. The topological polar surface area (TPSA) is 73.3 Å². The van der Waals surface area contributed by atoms with Gasteiger partial charge in [-0.25, -0.2) is 0 Å². The van der Waals surface area contributed by atoms with Gasteiger partial charge >= 0.3 is 11.6 Å². The number of rotatable bonds is 2. The van der Waals surface area contributed by atoms with Gasteiger partial charge in [0.05, 0.1) is 5.27 Å². The normalized spacial score (nSPS) is 13.6. The molecule has 0 atom stereocenters. The van der Waals surface area contributed by atoms with Gasteiger partial charge < -0.3 is 14.5 Å². The number of nitrogens with zero attached hydrogens (tertiary/aromatic N) is 3. The molecule has 120 valence electrons. The minimum atomic E-state index is -0.720. The minimum Gasteiger partial charge on any atom is -0.538 e. The molecular formula is C18H15N3O3. The molecule has 0 saturated heterocycles. The number of amides is 1. The molecule has 1 aliphatic heterocycles. The Kier molecular flexibility index (Phi) is 3.49. The molecule has 4 rings (SSSR count). The van der Waals surface area contributed by atoms with Gasteiger partial charge in [0.25, 0.3) is 0 Å². The molecular weight excluding hydrogens is 306 g/mol. The van der Waals surface area contributed by atoms with Crippen LogP contribution in [-0.4, -0.2) is 22.6 Å². The molecule has 0 N–H and O–H groups in total. The quantitative estimate of drug-likeness (QED) is 0.665. The molecule has 6 nitrogen and oxygen atoms in total. The van der Waals surface area contributed by atoms with Crippen molar-refractivity contribution in [1.29, 1.82) is 0 Å². The molecule has 3 aromatic rings. The van der Waals surface area contributed by atoms with Crippen molar-refractivity contribution < 1.29 is 19.1 Å². The fraction of sp³-hybridized carbons (Fsp3) is 0.167. The maximum Gasteiger partial charge on any atom is 0.327 e. The molecule has 0 fully saturated rings. The third-order valence-electron chi connectivity index (χ3n) is 4.23. The molecule has 0 spiro atoms. The van der Waals surface area contributed by atoms with Crippen LogP contribution in [0.4, 0.5) is 0 Å². The second kappa shape index (κ2) is 5.81. The average Bonchev–Trinajstić information content (AvgIpc) is 3.03. The second-order valence-corrected chi connectivity index (χ2v) is 5.70. The molecule has 1 amide bonds. The van der Waals surface area contributed by atoms with Crippen molar-refractivity contribution >= 4 is 5.91 Å². The van der Waals surface area contributed by atoms with Gasteiger partial charge in [-0.05, 0) is 22.2 Å². The van der Waals surface area contributed by atoms with Gasteiger partial charge in [-0.2, -0.15) is 0 Å². The summed E-state index contributed by atoms with van der Waals surface area (Å²) in [6.07, 6.45) is 0.771. The van der Waals surface area contributed by atoms with E-state index in [1.807, 2.05) is 36.4 Å². The molecule has 0 saturated carbocycles. The predicted molar refractivity (Wildman–Crippen MR) is 82.4 cm³/mol. The van der Waals surface area contributed by atoms with Crippen LogP contribution in [0.5, 0.6) is 5.95 Å². The van der Waals surface area contributed by atoms with E-state index in [-0.39, 0.29) is 11.6 Å². The third-order valence-corrected chi connectivity index (χ3v) is 4.23. The molecule has 0 radical (unpaired) electrons. The largest absolute Gasteiger partial charge is 0.538 e. The highest BCUT2D eigenvalue weighted by molar-refractivity contribution is 5.92. The summed E-state index contributed by atoms with van der Waals surface area (Å²) >= 11 is 0. The Balaban J connectivity index is 1.68. The van der Waals surface area contributed by atoms with Crippen molar-refractivity contribution in [2.75, 3.05) is 6.54 Å². The van der Waals surface area contributed by atoms with E-state index in [4.69, 9.17) is 4.52 Å². The van der Waals surface area contributed by atoms with E-state index < -0.39 is 5.95 Å². The number of para-hydroxylation sites is 1. The van der Waals surface area contributed by atoms with Crippen LogP contribution in [0.15, 0.2) is 59.1 Å². The smallest absolute Gasteiger partial charge is 0.327 e. The van der Waals surface area contributed by atoms with Crippen LogP contribution < -0.4 is 9.79 Å². The Hall–Kier alpha value is -3.15. The highest BCUT2D eigenvalue weighted by Crippen LogP contribution is 2.21. The van der Waals surface area contributed by atoms with Crippen LogP contribution in [-0.2, 0) is 13.0 Å². The third kappa shape index (κ3) is 2.42. The van der Waals surface area contributed by atoms with Crippen LogP contribution in [0.25, 0.3) is 5.69 Å².